The van der Waals surface area contributed by atoms with Gasteiger partial charge in [0, 0.05) is 22.3 Å². The summed E-state index contributed by atoms with van der Waals surface area (Å²) in [5.74, 6) is 0. The zero-order chi connectivity index (χ0) is 14.0. The maximum atomic E-state index is 11.3. The van der Waals surface area contributed by atoms with Crippen molar-refractivity contribution in [3.05, 3.63) is 87.3 Å². The molecule has 20 heavy (non-hydrogen) atoms. The van der Waals surface area contributed by atoms with Crippen LogP contribution in [-0.2, 0) is 5.60 Å². The molecule has 3 aromatic rings. The molecule has 1 atom stereocenters. The van der Waals surface area contributed by atoms with Gasteiger partial charge in [-0.1, -0.05) is 29.8 Å². The second-order valence-corrected chi connectivity index (χ2v) is 5.81. The van der Waals surface area contributed by atoms with Crippen molar-refractivity contribution < 1.29 is 5.11 Å². The maximum Gasteiger partial charge on any atom is 0.149 e. The third kappa shape index (κ3) is 2.24. The number of nitrogens with zero attached hydrogens (tertiary/aromatic N) is 1. The van der Waals surface area contributed by atoms with Gasteiger partial charge < -0.3 is 5.11 Å². The molecular formula is C16H12ClNOS. The summed E-state index contributed by atoms with van der Waals surface area (Å²) in [4.78, 5) is 4.89. The molecule has 1 N–H and O–H groups in total. The molecule has 3 rings (SSSR count). The van der Waals surface area contributed by atoms with Gasteiger partial charge >= 0.3 is 0 Å². The highest BCUT2D eigenvalue weighted by Crippen LogP contribution is 2.38. The van der Waals surface area contributed by atoms with Gasteiger partial charge in [-0.15, -0.1) is 11.3 Å². The lowest BCUT2D eigenvalue weighted by Gasteiger charge is -2.28. The van der Waals surface area contributed by atoms with Crippen LogP contribution in [0.2, 0.25) is 5.02 Å². The number of aliphatic hydroxyl groups is 1. The molecule has 0 saturated heterocycles. The molecule has 0 aliphatic heterocycles. The summed E-state index contributed by atoms with van der Waals surface area (Å²) < 4.78 is 0. The van der Waals surface area contributed by atoms with E-state index in [4.69, 9.17) is 11.6 Å². The summed E-state index contributed by atoms with van der Waals surface area (Å²) in [6, 6.07) is 14.8. The lowest BCUT2D eigenvalue weighted by atomic mass is 9.85. The van der Waals surface area contributed by atoms with Crippen LogP contribution in [0.25, 0.3) is 0 Å². The van der Waals surface area contributed by atoms with E-state index in [2.05, 4.69) is 4.98 Å². The van der Waals surface area contributed by atoms with Crippen LogP contribution in [0, 0.1) is 0 Å². The largest absolute Gasteiger partial charge is 0.375 e. The third-order valence-electron chi connectivity index (χ3n) is 3.24. The average molecular weight is 302 g/mol. The number of halogens is 1. The molecule has 2 aromatic heterocycles. The van der Waals surface area contributed by atoms with Crippen molar-refractivity contribution in [2.24, 2.45) is 0 Å². The Hall–Kier alpha value is -1.68. The van der Waals surface area contributed by atoms with Gasteiger partial charge in [-0.3, -0.25) is 4.98 Å². The molecule has 0 radical (unpaired) electrons. The van der Waals surface area contributed by atoms with E-state index < -0.39 is 5.60 Å². The fourth-order valence-electron chi connectivity index (χ4n) is 2.22. The molecule has 4 heteroatoms. The van der Waals surface area contributed by atoms with E-state index in [0.29, 0.717) is 5.02 Å². The second kappa shape index (κ2) is 5.37. The van der Waals surface area contributed by atoms with Crippen molar-refractivity contribution in [2.45, 2.75) is 5.60 Å². The molecule has 0 aliphatic carbocycles. The van der Waals surface area contributed by atoms with Crippen LogP contribution in [0.15, 0.2) is 66.3 Å². The molecule has 100 valence electrons. The highest BCUT2D eigenvalue weighted by Gasteiger charge is 2.34. The summed E-state index contributed by atoms with van der Waals surface area (Å²) in [5.41, 5.74) is 0.398. The van der Waals surface area contributed by atoms with Gasteiger partial charge in [0.05, 0.1) is 0 Å². The number of rotatable bonds is 3. The normalized spacial score (nSPS) is 13.9. The first kappa shape index (κ1) is 13.3. The first-order valence-electron chi connectivity index (χ1n) is 6.14. The van der Waals surface area contributed by atoms with Crippen LogP contribution in [-0.4, -0.2) is 10.1 Å². The Morgan fingerprint density at radius 3 is 2.20 bits per heavy atom. The van der Waals surface area contributed by atoms with E-state index in [0.717, 1.165) is 16.0 Å². The lowest BCUT2D eigenvalue weighted by molar-refractivity contribution is 0.129. The Kier molecular flexibility index (Phi) is 3.57. The number of benzene rings is 1. The highest BCUT2D eigenvalue weighted by atomic mass is 35.5. The molecule has 0 bridgehead atoms. The van der Waals surface area contributed by atoms with Gasteiger partial charge in [-0.2, -0.15) is 0 Å². The van der Waals surface area contributed by atoms with E-state index >= 15 is 0 Å². The molecule has 0 saturated carbocycles. The second-order valence-electron chi connectivity index (χ2n) is 4.43. The van der Waals surface area contributed by atoms with E-state index in [1.807, 2.05) is 41.8 Å². The Morgan fingerprint density at radius 2 is 1.60 bits per heavy atom. The number of aromatic nitrogens is 1. The molecule has 0 unspecified atom stereocenters. The van der Waals surface area contributed by atoms with Crippen LogP contribution in [0.1, 0.15) is 16.0 Å². The fourth-order valence-corrected chi connectivity index (χ4v) is 3.21. The van der Waals surface area contributed by atoms with Crippen molar-refractivity contribution >= 4 is 22.9 Å². The summed E-state index contributed by atoms with van der Waals surface area (Å²) in [7, 11) is 0. The van der Waals surface area contributed by atoms with Crippen LogP contribution in [0.4, 0.5) is 0 Å². The molecular weight excluding hydrogens is 290 g/mol. The molecule has 1 aromatic carbocycles. The van der Waals surface area contributed by atoms with Crippen molar-refractivity contribution in [1.29, 1.82) is 0 Å². The fraction of sp³-hybridized carbons (Fsp3) is 0.0625. The predicted molar refractivity (Wildman–Crippen MR) is 82.1 cm³/mol. The number of hydrogen-bond acceptors (Lipinski definition) is 3. The smallest absolute Gasteiger partial charge is 0.149 e. The minimum Gasteiger partial charge on any atom is -0.375 e. The van der Waals surface area contributed by atoms with Gasteiger partial charge in [0.2, 0.25) is 0 Å². The van der Waals surface area contributed by atoms with E-state index in [-0.39, 0.29) is 0 Å². The molecule has 2 heterocycles. The summed E-state index contributed by atoms with van der Waals surface area (Å²) >= 11 is 7.46. The lowest BCUT2D eigenvalue weighted by Crippen LogP contribution is -2.27. The molecule has 0 fully saturated rings. The Labute approximate surface area is 126 Å². The SMILES string of the molecule is O[C@@](c1ccncc1)(c1ccc(Cl)cc1)c1cccs1. The van der Waals surface area contributed by atoms with Gasteiger partial charge in [-0.25, -0.2) is 0 Å². The van der Waals surface area contributed by atoms with Gasteiger partial charge in [-0.05, 0) is 46.8 Å². The highest BCUT2D eigenvalue weighted by molar-refractivity contribution is 7.10. The minimum absolute atomic E-state index is 0.650. The van der Waals surface area contributed by atoms with E-state index in [9.17, 15) is 5.11 Å². The number of thiophene rings is 1. The van der Waals surface area contributed by atoms with Crippen molar-refractivity contribution in [2.75, 3.05) is 0 Å². The zero-order valence-corrected chi connectivity index (χ0v) is 12.1. The first-order chi connectivity index (χ1) is 9.71. The van der Waals surface area contributed by atoms with Crippen LogP contribution >= 0.6 is 22.9 Å². The van der Waals surface area contributed by atoms with E-state index in [1.165, 1.54) is 11.3 Å². The Morgan fingerprint density at radius 1 is 0.950 bits per heavy atom. The molecule has 0 amide bonds. The number of hydrogen-bond donors (Lipinski definition) is 1. The maximum absolute atomic E-state index is 11.3. The minimum atomic E-state index is -1.18. The Bertz CT molecular complexity index is 682. The summed E-state index contributed by atoms with van der Waals surface area (Å²) in [6.45, 7) is 0. The quantitative estimate of drug-likeness (QED) is 0.790. The monoisotopic (exact) mass is 301 g/mol. The van der Waals surface area contributed by atoms with Crippen molar-refractivity contribution in [1.82, 2.24) is 4.98 Å². The third-order valence-corrected chi connectivity index (χ3v) is 4.47. The molecule has 0 spiro atoms. The molecule has 0 aliphatic rings. The topological polar surface area (TPSA) is 33.1 Å². The summed E-state index contributed by atoms with van der Waals surface area (Å²) in [6.07, 6.45) is 3.37. The van der Waals surface area contributed by atoms with Crippen molar-refractivity contribution in [3.63, 3.8) is 0 Å². The van der Waals surface area contributed by atoms with Crippen LogP contribution in [0.5, 0.6) is 0 Å². The van der Waals surface area contributed by atoms with Crippen molar-refractivity contribution in [3.8, 4) is 0 Å². The van der Waals surface area contributed by atoms with E-state index in [1.54, 1.807) is 24.5 Å². The molecule has 2 nitrogen and oxygen atoms in total. The zero-order valence-electron chi connectivity index (χ0n) is 10.5. The van der Waals surface area contributed by atoms with Crippen LogP contribution < -0.4 is 0 Å². The first-order valence-corrected chi connectivity index (χ1v) is 7.40. The van der Waals surface area contributed by atoms with Gasteiger partial charge in [0.25, 0.3) is 0 Å². The Balaban J connectivity index is 2.21. The van der Waals surface area contributed by atoms with Gasteiger partial charge in [0.15, 0.2) is 0 Å². The predicted octanol–water partition coefficient (Wildman–Crippen LogP) is 4.08. The standard InChI is InChI=1S/C16H12ClNOS/c17-14-5-3-12(4-6-14)16(19,15-2-1-11-20-15)13-7-9-18-10-8-13/h1-11,19H/t16-/m1/s1. The van der Waals surface area contributed by atoms with Gasteiger partial charge in [0.1, 0.15) is 5.60 Å². The average Bonchev–Trinajstić information content (AvgIpc) is 3.03. The van der Waals surface area contributed by atoms with Crippen LogP contribution in [0.3, 0.4) is 0 Å². The number of pyridine rings is 1. The summed E-state index contributed by atoms with van der Waals surface area (Å²) in [5, 5.41) is 14.0.